The largest absolute Gasteiger partial charge is 0.490 e. The maximum Gasteiger partial charge on any atom is 0.125 e. The lowest BCUT2D eigenvalue weighted by molar-refractivity contribution is 0.214. The van der Waals surface area contributed by atoms with E-state index < -0.39 is 0 Å². The fraction of sp³-hybridized carbons (Fsp3) is 0.333. The van der Waals surface area contributed by atoms with Gasteiger partial charge in [-0.1, -0.05) is 34.1 Å². The molecule has 0 unspecified atom stereocenters. The molecule has 0 radical (unpaired) electrons. The number of nitrogens with one attached hydrogen (secondary N) is 1. The quantitative estimate of drug-likeness (QED) is 0.746. The van der Waals surface area contributed by atoms with E-state index in [1.165, 1.54) is 0 Å². The van der Waals surface area contributed by atoms with Crippen LogP contribution >= 0.6 is 15.9 Å². The van der Waals surface area contributed by atoms with Crippen LogP contribution in [-0.4, -0.2) is 20.3 Å². The van der Waals surface area contributed by atoms with Crippen LogP contribution in [0, 0.1) is 13.8 Å². The molecule has 0 aliphatic heterocycles. The summed E-state index contributed by atoms with van der Waals surface area (Å²) in [6.07, 6.45) is 0. The maximum atomic E-state index is 5.86. The minimum absolute atomic E-state index is 0.520. The first-order chi connectivity index (χ1) is 10.6. The fourth-order valence-electron chi connectivity index (χ4n) is 2.34. The van der Waals surface area contributed by atoms with Gasteiger partial charge in [-0.25, -0.2) is 0 Å². The summed E-state index contributed by atoms with van der Waals surface area (Å²) in [6.45, 7) is 5.94. The normalized spacial score (nSPS) is 10.5. The van der Waals surface area contributed by atoms with Crippen molar-refractivity contribution in [3.63, 3.8) is 0 Å². The standard InChI is InChI=1S/C18H22BrNO2/c1-13-5-4-6-14(2)18(13)22-10-9-21-17-8-7-16(19)11-15(17)12-20-3/h4-8,11,20H,9-10,12H2,1-3H3. The van der Waals surface area contributed by atoms with Crippen LogP contribution < -0.4 is 14.8 Å². The summed E-state index contributed by atoms with van der Waals surface area (Å²) in [5.74, 6) is 1.85. The first-order valence-corrected chi connectivity index (χ1v) is 8.16. The topological polar surface area (TPSA) is 30.5 Å². The van der Waals surface area contributed by atoms with Gasteiger partial charge in [-0.3, -0.25) is 0 Å². The SMILES string of the molecule is CNCc1cc(Br)ccc1OCCOc1c(C)cccc1C. The molecule has 3 nitrogen and oxygen atoms in total. The number of halogens is 1. The van der Waals surface area contributed by atoms with Gasteiger partial charge in [-0.15, -0.1) is 0 Å². The molecule has 0 saturated heterocycles. The number of aryl methyl sites for hydroxylation is 2. The van der Waals surface area contributed by atoms with Gasteiger partial charge in [-0.05, 0) is 50.2 Å². The van der Waals surface area contributed by atoms with Crippen LogP contribution in [0.25, 0.3) is 0 Å². The van der Waals surface area contributed by atoms with Gasteiger partial charge >= 0.3 is 0 Å². The highest BCUT2D eigenvalue weighted by molar-refractivity contribution is 9.10. The summed E-state index contributed by atoms with van der Waals surface area (Å²) in [4.78, 5) is 0. The Morgan fingerprint density at radius 3 is 2.36 bits per heavy atom. The summed E-state index contributed by atoms with van der Waals surface area (Å²) < 4.78 is 12.8. The van der Waals surface area contributed by atoms with Gasteiger partial charge in [0.15, 0.2) is 0 Å². The Kier molecular flexibility index (Phi) is 6.28. The van der Waals surface area contributed by atoms with Gasteiger partial charge in [0.05, 0.1) is 0 Å². The molecule has 2 rings (SSSR count). The van der Waals surface area contributed by atoms with Crippen molar-refractivity contribution in [3.8, 4) is 11.5 Å². The van der Waals surface area contributed by atoms with Crippen molar-refractivity contribution in [2.45, 2.75) is 20.4 Å². The van der Waals surface area contributed by atoms with Gasteiger partial charge in [0.2, 0.25) is 0 Å². The molecule has 0 aliphatic carbocycles. The Morgan fingerprint density at radius 2 is 1.68 bits per heavy atom. The monoisotopic (exact) mass is 363 g/mol. The minimum Gasteiger partial charge on any atom is -0.490 e. The Balaban J connectivity index is 1.91. The number of para-hydroxylation sites is 1. The van der Waals surface area contributed by atoms with Crippen LogP contribution in [0.3, 0.4) is 0 Å². The Labute approximate surface area is 140 Å². The average Bonchev–Trinajstić information content (AvgIpc) is 2.48. The van der Waals surface area contributed by atoms with Crippen LogP contribution in [0.2, 0.25) is 0 Å². The van der Waals surface area contributed by atoms with E-state index in [4.69, 9.17) is 9.47 Å². The lowest BCUT2D eigenvalue weighted by Crippen LogP contribution is -2.13. The zero-order valence-electron chi connectivity index (χ0n) is 13.3. The van der Waals surface area contributed by atoms with Crippen molar-refractivity contribution in [1.29, 1.82) is 0 Å². The Hall–Kier alpha value is -1.52. The predicted octanol–water partition coefficient (Wildman–Crippen LogP) is 4.24. The molecular formula is C18H22BrNO2. The van der Waals surface area contributed by atoms with Crippen molar-refractivity contribution in [2.75, 3.05) is 20.3 Å². The zero-order valence-corrected chi connectivity index (χ0v) is 14.9. The molecule has 0 aromatic heterocycles. The third-order valence-electron chi connectivity index (χ3n) is 3.39. The molecule has 0 saturated carbocycles. The molecule has 1 N–H and O–H groups in total. The summed E-state index contributed by atoms with van der Waals surface area (Å²) in [5.41, 5.74) is 3.43. The van der Waals surface area contributed by atoms with E-state index in [1.807, 2.05) is 25.2 Å². The van der Waals surface area contributed by atoms with E-state index in [-0.39, 0.29) is 0 Å². The fourth-order valence-corrected chi connectivity index (χ4v) is 2.75. The summed E-state index contributed by atoms with van der Waals surface area (Å²) in [6, 6.07) is 12.2. The number of ether oxygens (including phenoxy) is 2. The molecule has 0 aliphatic rings. The third-order valence-corrected chi connectivity index (χ3v) is 3.88. The second-order valence-corrected chi connectivity index (χ2v) is 6.12. The number of hydrogen-bond donors (Lipinski definition) is 1. The van der Waals surface area contributed by atoms with Crippen LogP contribution in [0.1, 0.15) is 16.7 Å². The molecule has 2 aromatic rings. The van der Waals surface area contributed by atoms with Gasteiger partial charge in [0.1, 0.15) is 24.7 Å². The Morgan fingerprint density at radius 1 is 1.00 bits per heavy atom. The molecule has 118 valence electrons. The van der Waals surface area contributed by atoms with Crippen LogP contribution in [0.5, 0.6) is 11.5 Å². The van der Waals surface area contributed by atoms with Gasteiger partial charge in [0.25, 0.3) is 0 Å². The molecule has 0 fully saturated rings. The first kappa shape index (κ1) is 16.8. The van der Waals surface area contributed by atoms with Crippen LogP contribution in [0.4, 0.5) is 0 Å². The lowest BCUT2D eigenvalue weighted by atomic mass is 10.1. The molecule has 4 heteroatoms. The van der Waals surface area contributed by atoms with E-state index in [0.717, 1.165) is 39.2 Å². The molecule has 0 heterocycles. The van der Waals surface area contributed by atoms with Crippen LogP contribution in [0.15, 0.2) is 40.9 Å². The molecule has 0 amide bonds. The highest BCUT2D eigenvalue weighted by atomic mass is 79.9. The third kappa shape index (κ3) is 4.49. The van der Waals surface area contributed by atoms with Crippen molar-refractivity contribution >= 4 is 15.9 Å². The van der Waals surface area contributed by atoms with E-state index in [9.17, 15) is 0 Å². The van der Waals surface area contributed by atoms with Crippen molar-refractivity contribution < 1.29 is 9.47 Å². The lowest BCUT2D eigenvalue weighted by Gasteiger charge is -2.14. The molecule has 0 atom stereocenters. The van der Waals surface area contributed by atoms with E-state index in [1.54, 1.807) is 0 Å². The number of rotatable bonds is 7. The molecule has 0 bridgehead atoms. The van der Waals surface area contributed by atoms with Crippen LogP contribution in [-0.2, 0) is 6.54 Å². The molecule has 2 aromatic carbocycles. The van der Waals surface area contributed by atoms with E-state index in [0.29, 0.717) is 13.2 Å². The molecular weight excluding hydrogens is 342 g/mol. The van der Waals surface area contributed by atoms with Crippen molar-refractivity contribution in [3.05, 3.63) is 57.6 Å². The highest BCUT2D eigenvalue weighted by Gasteiger charge is 2.06. The smallest absolute Gasteiger partial charge is 0.125 e. The van der Waals surface area contributed by atoms with E-state index >= 15 is 0 Å². The maximum absolute atomic E-state index is 5.86. The van der Waals surface area contributed by atoms with Gasteiger partial charge in [-0.2, -0.15) is 0 Å². The Bertz CT molecular complexity index is 608. The van der Waals surface area contributed by atoms with E-state index in [2.05, 4.69) is 53.3 Å². The highest BCUT2D eigenvalue weighted by Crippen LogP contribution is 2.24. The summed E-state index contributed by atoms with van der Waals surface area (Å²) >= 11 is 3.49. The molecule has 0 spiro atoms. The second-order valence-electron chi connectivity index (χ2n) is 5.20. The minimum atomic E-state index is 0.520. The molecule has 22 heavy (non-hydrogen) atoms. The van der Waals surface area contributed by atoms with Gasteiger partial charge in [0, 0.05) is 16.6 Å². The number of benzene rings is 2. The number of hydrogen-bond acceptors (Lipinski definition) is 3. The summed E-state index contributed by atoms with van der Waals surface area (Å²) in [7, 11) is 1.93. The predicted molar refractivity (Wildman–Crippen MR) is 93.8 cm³/mol. The first-order valence-electron chi connectivity index (χ1n) is 7.36. The average molecular weight is 364 g/mol. The van der Waals surface area contributed by atoms with Crippen molar-refractivity contribution in [2.24, 2.45) is 0 Å². The van der Waals surface area contributed by atoms with Gasteiger partial charge < -0.3 is 14.8 Å². The zero-order chi connectivity index (χ0) is 15.9. The second kappa shape index (κ2) is 8.20. The van der Waals surface area contributed by atoms with Crippen molar-refractivity contribution in [1.82, 2.24) is 5.32 Å². The summed E-state index contributed by atoms with van der Waals surface area (Å²) in [5, 5.41) is 3.15.